The molecule has 0 unspecified atom stereocenters. The molecule has 134 valence electrons. The zero-order valence-electron chi connectivity index (χ0n) is 15.0. The molecule has 0 amide bonds. The first kappa shape index (κ1) is 18.4. The van der Waals surface area contributed by atoms with Crippen molar-refractivity contribution in [3.8, 4) is 11.5 Å². The molecular weight excluding hydrogens is 304 g/mol. The predicted molar refractivity (Wildman–Crippen MR) is 98.0 cm³/mol. The Kier molecular flexibility index (Phi) is 7.18. The van der Waals surface area contributed by atoms with Crippen LogP contribution in [-0.2, 0) is 6.42 Å². The molecule has 6 nitrogen and oxygen atoms in total. The lowest BCUT2D eigenvalue weighted by Crippen LogP contribution is -2.35. The second kappa shape index (κ2) is 9.37. The third-order valence-electron chi connectivity index (χ3n) is 4.53. The van der Waals surface area contributed by atoms with E-state index in [-0.39, 0.29) is 0 Å². The third kappa shape index (κ3) is 5.60. The first-order chi connectivity index (χ1) is 11.6. The van der Waals surface area contributed by atoms with Crippen LogP contribution in [-0.4, -0.2) is 58.3 Å². The highest BCUT2D eigenvalue weighted by Gasteiger charge is 2.15. The number of guanidine groups is 1. The molecule has 0 atom stereocenters. The molecule has 24 heavy (non-hydrogen) atoms. The summed E-state index contributed by atoms with van der Waals surface area (Å²) in [4.78, 5) is 6.85. The summed E-state index contributed by atoms with van der Waals surface area (Å²) in [5.41, 5.74) is 7.14. The van der Waals surface area contributed by atoms with Gasteiger partial charge in [0.25, 0.3) is 0 Å². The standard InChI is InChI=1S/C18H30N4O2/c1-22-10-7-15(8-11-22)13-21-18(19)20-9-6-14-4-5-16(23-2)17(12-14)24-3/h4-5,12,15H,6-11,13H2,1-3H3,(H3,19,20,21). The Morgan fingerprint density at radius 2 is 1.96 bits per heavy atom. The maximum atomic E-state index is 5.97. The van der Waals surface area contributed by atoms with E-state index in [2.05, 4.69) is 22.3 Å². The van der Waals surface area contributed by atoms with Gasteiger partial charge in [0.1, 0.15) is 0 Å². The highest BCUT2D eigenvalue weighted by Crippen LogP contribution is 2.27. The average Bonchev–Trinajstić information content (AvgIpc) is 2.61. The van der Waals surface area contributed by atoms with Gasteiger partial charge in [-0.05, 0) is 63.0 Å². The lowest BCUT2D eigenvalue weighted by molar-refractivity contribution is 0.223. The van der Waals surface area contributed by atoms with E-state index in [1.54, 1.807) is 14.2 Å². The second-order valence-corrected chi connectivity index (χ2v) is 6.34. The molecule has 1 aliphatic heterocycles. The fourth-order valence-electron chi connectivity index (χ4n) is 2.90. The number of aliphatic imine (C=N–C) groups is 1. The fourth-order valence-corrected chi connectivity index (χ4v) is 2.90. The van der Waals surface area contributed by atoms with E-state index < -0.39 is 0 Å². The van der Waals surface area contributed by atoms with Crippen molar-refractivity contribution in [3.63, 3.8) is 0 Å². The maximum Gasteiger partial charge on any atom is 0.188 e. The van der Waals surface area contributed by atoms with Crippen LogP contribution in [0.2, 0.25) is 0 Å². The Morgan fingerprint density at radius 3 is 2.62 bits per heavy atom. The molecule has 0 aromatic heterocycles. The Hall–Kier alpha value is -1.95. The topological polar surface area (TPSA) is 72.1 Å². The average molecular weight is 334 g/mol. The molecule has 0 aliphatic carbocycles. The number of likely N-dealkylation sites (tertiary alicyclic amines) is 1. The number of nitrogens with two attached hydrogens (primary N) is 1. The summed E-state index contributed by atoms with van der Waals surface area (Å²) in [6.45, 7) is 3.89. The van der Waals surface area contributed by atoms with Crippen LogP contribution in [0.4, 0.5) is 0 Å². The van der Waals surface area contributed by atoms with Crippen LogP contribution in [0.3, 0.4) is 0 Å². The van der Waals surface area contributed by atoms with Crippen molar-refractivity contribution in [2.75, 3.05) is 47.4 Å². The van der Waals surface area contributed by atoms with Gasteiger partial charge in [-0.2, -0.15) is 0 Å². The highest BCUT2D eigenvalue weighted by atomic mass is 16.5. The molecule has 1 heterocycles. The van der Waals surface area contributed by atoms with Crippen molar-refractivity contribution in [2.24, 2.45) is 16.6 Å². The van der Waals surface area contributed by atoms with Crippen LogP contribution in [0.25, 0.3) is 0 Å². The molecular formula is C18H30N4O2. The molecule has 2 rings (SSSR count). The van der Waals surface area contributed by atoms with Gasteiger partial charge in [-0.3, -0.25) is 4.99 Å². The Labute approximate surface area is 145 Å². The molecule has 0 bridgehead atoms. The van der Waals surface area contributed by atoms with Crippen LogP contribution in [0.1, 0.15) is 18.4 Å². The number of nitrogens with zero attached hydrogens (tertiary/aromatic N) is 2. The Morgan fingerprint density at radius 1 is 1.25 bits per heavy atom. The quantitative estimate of drug-likeness (QED) is 0.584. The molecule has 6 heteroatoms. The number of nitrogens with one attached hydrogen (secondary N) is 1. The minimum atomic E-state index is 0.536. The maximum absolute atomic E-state index is 5.97. The molecule has 1 aromatic rings. The van der Waals surface area contributed by atoms with Crippen LogP contribution < -0.4 is 20.5 Å². The zero-order valence-corrected chi connectivity index (χ0v) is 15.0. The summed E-state index contributed by atoms with van der Waals surface area (Å²) >= 11 is 0. The summed E-state index contributed by atoms with van der Waals surface area (Å²) < 4.78 is 10.6. The van der Waals surface area contributed by atoms with E-state index in [9.17, 15) is 0 Å². The normalized spacial score (nSPS) is 16.9. The van der Waals surface area contributed by atoms with Crippen molar-refractivity contribution in [3.05, 3.63) is 23.8 Å². The third-order valence-corrected chi connectivity index (χ3v) is 4.53. The minimum absolute atomic E-state index is 0.536. The molecule has 0 radical (unpaired) electrons. The van der Waals surface area contributed by atoms with E-state index in [4.69, 9.17) is 15.2 Å². The minimum Gasteiger partial charge on any atom is -0.493 e. The van der Waals surface area contributed by atoms with Crippen LogP contribution in [0.15, 0.2) is 23.2 Å². The van der Waals surface area contributed by atoms with Gasteiger partial charge in [-0.25, -0.2) is 0 Å². The lowest BCUT2D eigenvalue weighted by atomic mass is 9.97. The highest BCUT2D eigenvalue weighted by molar-refractivity contribution is 5.77. The van der Waals surface area contributed by atoms with Crippen molar-refractivity contribution >= 4 is 5.96 Å². The van der Waals surface area contributed by atoms with E-state index in [0.29, 0.717) is 11.9 Å². The summed E-state index contributed by atoms with van der Waals surface area (Å²) in [5, 5.41) is 3.19. The Bertz CT molecular complexity index is 540. The van der Waals surface area contributed by atoms with Crippen LogP contribution in [0.5, 0.6) is 11.5 Å². The first-order valence-corrected chi connectivity index (χ1v) is 8.55. The number of rotatable bonds is 7. The molecule has 1 saturated heterocycles. The van der Waals surface area contributed by atoms with Crippen molar-refractivity contribution in [1.29, 1.82) is 0 Å². The van der Waals surface area contributed by atoms with Crippen molar-refractivity contribution < 1.29 is 9.47 Å². The first-order valence-electron chi connectivity index (χ1n) is 8.55. The molecule has 1 aromatic carbocycles. The second-order valence-electron chi connectivity index (χ2n) is 6.34. The van der Waals surface area contributed by atoms with Gasteiger partial charge in [-0.15, -0.1) is 0 Å². The smallest absolute Gasteiger partial charge is 0.188 e. The summed E-state index contributed by atoms with van der Waals surface area (Å²) in [5.74, 6) is 2.69. The van der Waals surface area contributed by atoms with Gasteiger partial charge < -0.3 is 25.4 Å². The van der Waals surface area contributed by atoms with Gasteiger partial charge in [-0.1, -0.05) is 6.07 Å². The Balaban J connectivity index is 1.74. The van der Waals surface area contributed by atoms with Gasteiger partial charge in [0.05, 0.1) is 14.2 Å². The van der Waals surface area contributed by atoms with Crippen LogP contribution >= 0.6 is 0 Å². The predicted octanol–water partition coefficient (Wildman–Crippen LogP) is 1.49. The van der Waals surface area contributed by atoms with Gasteiger partial charge in [0.15, 0.2) is 17.5 Å². The fraction of sp³-hybridized carbons (Fsp3) is 0.611. The molecule has 1 fully saturated rings. The van der Waals surface area contributed by atoms with E-state index in [0.717, 1.165) is 44.1 Å². The molecule has 0 spiro atoms. The lowest BCUT2D eigenvalue weighted by Gasteiger charge is -2.27. The van der Waals surface area contributed by atoms with E-state index in [1.165, 1.54) is 18.4 Å². The van der Waals surface area contributed by atoms with E-state index >= 15 is 0 Å². The van der Waals surface area contributed by atoms with E-state index in [1.807, 2.05) is 18.2 Å². The number of hydrogen-bond acceptors (Lipinski definition) is 4. The summed E-state index contributed by atoms with van der Waals surface area (Å²) in [6, 6.07) is 5.95. The largest absolute Gasteiger partial charge is 0.493 e. The van der Waals surface area contributed by atoms with Gasteiger partial charge >= 0.3 is 0 Å². The zero-order chi connectivity index (χ0) is 17.4. The number of methoxy groups -OCH3 is 2. The molecule has 3 N–H and O–H groups in total. The number of piperidine rings is 1. The monoisotopic (exact) mass is 334 g/mol. The molecule has 1 aliphatic rings. The molecule has 0 saturated carbocycles. The summed E-state index contributed by atoms with van der Waals surface area (Å²) in [7, 11) is 5.46. The van der Waals surface area contributed by atoms with Gasteiger partial charge in [0.2, 0.25) is 0 Å². The number of benzene rings is 1. The van der Waals surface area contributed by atoms with Crippen LogP contribution in [0, 0.1) is 5.92 Å². The van der Waals surface area contributed by atoms with Crippen molar-refractivity contribution in [2.45, 2.75) is 19.3 Å². The number of hydrogen-bond donors (Lipinski definition) is 2. The SMILES string of the molecule is COc1ccc(CCNC(N)=NCC2CCN(C)CC2)cc1OC. The summed E-state index contributed by atoms with van der Waals surface area (Å²) in [6.07, 6.45) is 3.27. The van der Waals surface area contributed by atoms with Gasteiger partial charge in [0, 0.05) is 13.1 Å². The van der Waals surface area contributed by atoms with Crippen molar-refractivity contribution in [1.82, 2.24) is 10.2 Å². The number of ether oxygens (including phenoxy) is 2.